The van der Waals surface area contributed by atoms with Crippen LogP contribution in [0.4, 0.5) is 0 Å². The number of carbonyl (C=O) groups excluding carboxylic acids is 1. The van der Waals surface area contributed by atoms with Crippen LogP contribution in [0.15, 0.2) is 69.5 Å². The van der Waals surface area contributed by atoms with Crippen LogP contribution in [0.3, 0.4) is 0 Å². The molecule has 0 aromatic heterocycles. The van der Waals surface area contributed by atoms with E-state index in [0.717, 1.165) is 17.5 Å². The van der Waals surface area contributed by atoms with Crippen LogP contribution in [0.5, 0.6) is 0 Å². The number of ketones is 1. The Morgan fingerprint density at radius 3 is 1.26 bits per heavy atom. The second-order valence-corrected chi connectivity index (χ2v) is 15.7. The van der Waals surface area contributed by atoms with E-state index in [4.69, 9.17) is 9.47 Å². The van der Waals surface area contributed by atoms with Crippen molar-refractivity contribution in [1.82, 2.24) is 8.61 Å². The van der Waals surface area contributed by atoms with E-state index in [9.17, 15) is 21.6 Å². The highest BCUT2D eigenvalue weighted by molar-refractivity contribution is 7.89. The molecule has 11 heteroatoms. The molecule has 2 saturated heterocycles. The summed E-state index contributed by atoms with van der Waals surface area (Å²) in [5, 5.41) is 0. The number of ether oxygens (including phenoxy) is 2. The van der Waals surface area contributed by atoms with E-state index in [0.29, 0.717) is 50.2 Å². The molecule has 3 aliphatic rings. The molecule has 2 aromatic rings. The van der Waals surface area contributed by atoms with Crippen molar-refractivity contribution in [3.63, 3.8) is 0 Å². The number of carbonyl (C=O) groups is 1. The van der Waals surface area contributed by atoms with Gasteiger partial charge in [-0.2, -0.15) is 8.61 Å². The molecule has 3 fully saturated rings. The van der Waals surface area contributed by atoms with Crippen LogP contribution in [0.2, 0.25) is 0 Å². The topological polar surface area (TPSA) is 110 Å². The number of hydrogen-bond acceptors (Lipinski definition) is 7. The van der Waals surface area contributed by atoms with E-state index in [1.807, 2.05) is 39.8 Å². The summed E-state index contributed by atoms with van der Waals surface area (Å²) in [4.78, 5) is 13.8. The molecule has 2 aliphatic heterocycles. The molecule has 1 saturated carbocycles. The molecule has 0 radical (unpaired) electrons. The van der Waals surface area contributed by atoms with E-state index in [1.54, 1.807) is 48.5 Å². The lowest BCUT2D eigenvalue weighted by atomic mass is 9.87. The highest BCUT2D eigenvalue weighted by atomic mass is 32.2. The Balaban J connectivity index is 1.29. The summed E-state index contributed by atoms with van der Waals surface area (Å²) in [5.74, 6) is -0.0489. The second kappa shape index (κ2) is 12.7. The highest BCUT2D eigenvalue weighted by Gasteiger charge is 2.33. The van der Waals surface area contributed by atoms with Crippen LogP contribution < -0.4 is 0 Å². The number of allylic oxidation sites excluding steroid dienone is 2. The number of benzene rings is 2. The van der Waals surface area contributed by atoms with E-state index in [2.05, 4.69) is 0 Å². The summed E-state index contributed by atoms with van der Waals surface area (Å²) in [5.41, 5.74) is 2.85. The summed E-state index contributed by atoms with van der Waals surface area (Å²) in [6.45, 7) is 8.71. The van der Waals surface area contributed by atoms with Crippen molar-refractivity contribution < 1.29 is 31.1 Å². The van der Waals surface area contributed by atoms with Gasteiger partial charge in [-0.1, -0.05) is 24.3 Å². The van der Waals surface area contributed by atoms with Gasteiger partial charge >= 0.3 is 0 Å². The lowest BCUT2D eigenvalue weighted by Crippen LogP contribution is -2.48. The molecule has 232 valence electrons. The predicted octanol–water partition coefficient (Wildman–Crippen LogP) is 4.50. The van der Waals surface area contributed by atoms with E-state index in [-0.39, 0.29) is 40.0 Å². The molecule has 0 bridgehead atoms. The van der Waals surface area contributed by atoms with Crippen molar-refractivity contribution in [3.05, 3.63) is 70.8 Å². The van der Waals surface area contributed by atoms with Crippen LogP contribution in [-0.4, -0.2) is 81.8 Å². The minimum absolute atomic E-state index is 0.0489. The first kappa shape index (κ1) is 31.7. The van der Waals surface area contributed by atoms with Crippen LogP contribution in [-0.2, 0) is 34.3 Å². The molecule has 0 N–H and O–H groups in total. The molecule has 0 amide bonds. The van der Waals surface area contributed by atoms with Crippen molar-refractivity contribution in [2.75, 3.05) is 26.2 Å². The molecule has 1 aliphatic carbocycles. The lowest BCUT2D eigenvalue weighted by molar-refractivity contribution is -0.112. The highest BCUT2D eigenvalue weighted by Crippen LogP contribution is 2.29. The van der Waals surface area contributed by atoms with Gasteiger partial charge in [0.15, 0.2) is 5.78 Å². The number of Topliss-reactive ketones (excluding diaryl/α,β-unsaturated/α-hetero) is 1. The second-order valence-electron chi connectivity index (χ2n) is 11.8. The SMILES string of the molecule is C[C@@H]1CN(S(=O)(=O)c2ccc(/C=C3\CCC/C(=C\c4ccc(S(=O)(=O)N5C[C@H](C)O[C@@H](C)C5)cc4)C3=O)cc2)C[C@@H](C)O1. The molecule has 5 rings (SSSR count). The number of hydrogen-bond donors (Lipinski definition) is 0. The van der Waals surface area contributed by atoms with Crippen molar-refractivity contribution in [3.8, 4) is 0 Å². The van der Waals surface area contributed by atoms with E-state index >= 15 is 0 Å². The van der Waals surface area contributed by atoms with Gasteiger partial charge in [-0.05, 0) is 94.5 Å². The molecule has 4 atom stereocenters. The number of rotatable bonds is 6. The van der Waals surface area contributed by atoms with Gasteiger partial charge in [-0.15, -0.1) is 0 Å². The van der Waals surface area contributed by atoms with Crippen LogP contribution >= 0.6 is 0 Å². The van der Waals surface area contributed by atoms with Gasteiger partial charge in [0.05, 0.1) is 34.2 Å². The minimum Gasteiger partial charge on any atom is -0.373 e. The van der Waals surface area contributed by atoms with Crippen molar-refractivity contribution in [2.45, 2.75) is 81.2 Å². The monoisotopic (exact) mass is 628 g/mol. The normalized spacial score (nSPS) is 28.4. The van der Waals surface area contributed by atoms with Crippen LogP contribution in [0.25, 0.3) is 12.2 Å². The summed E-state index contributed by atoms with van der Waals surface area (Å²) >= 11 is 0. The Bertz CT molecular complexity index is 1470. The molecule has 9 nitrogen and oxygen atoms in total. The molecule has 0 unspecified atom stereocenters. The zero-order valence-electron chi connectivity index (χ0n) is 25.1. The average molecular weight is 629 g/mol. The first-order valence-corrected chi connectivity index (χ1v) is 17.7. The van der Waals surface area contributed by atoms with Crippen molar-refractivity contribution >= 4 is 38.0 Å². The van der Waals surface area contributed by atoms with E-state index in [1.165, 1.54) is 8.61 Å². The average Bonchev–Trinajstić information content (AvgIpc) is 2.95. The third-order valence-corrected chi connectivity index (χ3v) is 11.7. The maximum Gasteiger partial charge on any atom is 0.243 e. The largest absolute Gasteiger partial charge is 0.373 e. The van der Waals surface area contributed by atoms with E-state index < -0.39 is 20.0 Å². The van der Waals surface area contributed by atoms with Gasteiger partial charge in [-0.3, -0.25) is 4.79 Å². The molecule has 43 heavy (non-hydrogen) atoms. The first-order valence-electron chi connectivity index (χ1n) is 14.8. The zero-order valence-corrected chi connectivity index (χ0v) is 26.7. The quantitative estimate of drug-likeness (QED) is 0.433. The van der Waals surface area contributed by atoms with Crippen molar-refractivity contribution in [2.24, 2.45) is 0 Å². The van der Waals surface area contributed by atoms with Crippen molar-refractivity contribution in [1.29, 1.82) is 0 Å². The fraction of sp³-hybridized carbons (Fsp3) is 0.469. The summed E-state index contributed by atoms with van der Waals surface area (Å²) in [6.07, 6.45) is 5.04. The van der Waals surface area contributed by atoms with Crippen LogP contribution in [0.1, 0.15) is 58.1 Å². The van der Waals surface area contributed by atoms with Crippen LogP contribution in [0, 0.1) is 0 Å². The van der Waals surface area contributed by atoms with Gasteiger partial charge < -0.3 is 9.47 Å². The molecule has 2 aromatic carbocycles. The summed E-state index contributed by atoms with van der Waals surface area (Å²) in [7, 11) is -7.29. The van der Waals surface area contributed by atoms with Gasteiger partial charge in [0.2, 0.25) is 20.0 Å². The standard InChI is InChI=1S/C32H40N2O7S2/c1-22-18-33(19-23(2)40-22)42(36,37)30-12-8-26(9-13-30)16-28-6-5-7-29(32(28)35)17-27-10-14-31(15-11-27)43(38,39)34-20-24(3)41-25(4)21-34/h8-17,22-25H,5-7,18-21H2,1-4H3/b28-16+,29-17+/t22-,23-,24+,25+. The Labute approximate surface area is 255 Å². The number of sulfonamides is 2. The maximum absolute atomic E-state index is 13.4. The Hall–Kier alpha value is -2.67. The van der Waals surface area contributed by atoms with Gasteiger partial charge in [0, 0.05) is 37.3 Å². The van der Waals surface area contributed by atoms with Gasteiger partial charge in [0.25, 0.3) is 0 Å². The first-order chi connectivity index (χ1) is 20.3. The lowest BCUT2D eigenvalue weighted by Gasteiger charge is -2.34. The Morgan fingerprint density at radius 2 is 0.930 bits per heavy atom. The Morgan fingerprint density at radius 1 is 0.605 bits per heavy atom. The third-order valence-electron chi connectivity index (χ3n) is 7.97. The summed E-state index contributed by atoms with van der Waals surface area (Å²) in [6, 6.07) is 13.3. The fourth-order valence-corrected chi connectivity index (χ4v) is 9.19. The van der Waals surface area contributed by atoms with Gasteiger partial charge in [-0.25, -0.2) is 16.8 Å². The molecule has 0 spiro atoms. The minimum atomic E-state index is -3.65. The van der Waals surface area contributed by atoms with Gasteiger partial charge in [0.1, 0.15) is 0 Å². The zero-order chi connectivity index (χ0) is 30.9. The summed E-state index contributed by atoms with van der Waals surface area (Å²) < 4.78 is 67.0. The smallest absolute Gasteiger partial charge is 0.243 e. The fourth-order valence-electron chi connectivity index (χ4n) is 6.00. The molecule has 2 heterocycles. The molecular formula is C32H40N2O7S2. The third kappa shape index (κ3) is 7.19. The Kier molecular flexibility index (Phi) is 9.41. The number of nitrogens with zero attached hydrogens (tertiary/aromatic N) is 2. The number of morpholine rings is 2. The molecular weight excluding hydrogens is 588 g/mol. The predicted molar refractivity (Wildman–Crippen MR) is 165 cm³/mol. The maximum atomic E-state index is 13.4.